The maximum atomic E-state index is 11.7. The van der Waals surface area contributed by atoms with Crippen molar-refractivity contribution in [2.75, 3.05) is 0 Å². The van der Waals surface area contributed by atoms with Crippen molar-refractivity contribution in [2.24, 2.45) is 5.92 Å². The lowest BCUT2D eigenvalue weighted by molar-refractivity contribution is 0.479. The van der Waals surface area contributed by atoms with Crippen LogP contribution in [0.3, 0.4) is 0 Å². The molecule has 1 aromatic heterocycles. The second kappa shape index (κ2) is 6.27. The van der Waals surface area contributed by atoms with Gasteiger partial charge in [0.1, 0.15) is 0 Å². The number of benzene rings is 1. The number of oxazole rings is 1. The number of rotatable bonds is 5. The van der Waals surface area contributed by atoms with E-state index in [9.17, 15) is 4.79 Å². The maximum Gasteiger partial charge on any atom is 0.419 e. The molecule has 21 heavy (non-hydrogen) atoms. The Morgan fingerprint density at radius 2 is 2.14 bits per heavy atom. The molecule has 2 aromatic rings. The zero-order chi connectivity index (χ0) is 14.8. The van der Waals surface area contributed by atoms with Gasteiger partial charge in [0.05, 0.1) is 10.9 Å². The van der Waals surface area contributed by atoms with Gasteiger partial charge >= 0.3 is 5.76 Å². The van der Waals surface area contributed by atoms with E-state index in [4.69, 9.17) is 16.0 Å². The van der Waals surface area contributed by atoms with Crippen LogP contribution < -0.4 is 5.76 Å². The van der Waals surface area contributed by atoms with Gasteiger partial charge in [0.25, 0.3) is 0 Å². The Bertz CT molecular complexity index is 667. The molecule has 4 heteroatoms. The number of hydrogen-bond donors (Lipinski definition) is 0. The summed E-state index contributed by atoms with van der Waals surface area (Å²) in [4.78, 5) is 11.7. The van der Waals surface area contributed by atoms with Crippen LogP contribution >= 0.6 is 11.6 Å². The van der Waals surface area contributed by atoms with E-state index >= 15 is 0 Å². The summed E-state index contributed by atoms with van der Waals surface area (Å²) in [6.45, 7) is 2.56. The Kier molecular flexibility index (Phi) is 4.39. The summed E-state index contributed by atoms with van der Waals surface area (Å²) >= 11 is 6.54. The summed E-state index contributed by atoms with van der Waals surface area (Å²) < 4.78 is 6.95. The van der Waals surface area contributed by atoms with Crippen molar-refractivity contribution in [3.8, 4) is 0 Å². The molecule has 1 aliphatic rings. The van der Waals surface area contributed by atoms with Crippen LogP contribution in [0.4, 0.5) is 0 Å². The molecular formula is C17H22ClNO2. The smallest absolute Gasteiger partial charge is 0.408 e. The third kappa shape index (κ3) is 3.03. The van der Waals surface area contributed by atoms with E-state index in [2.05, 4.69) is 0 Å². The third-order valence-electron chi connectivity index (χ3n) is 4.67. The molecule has 0 aliphatic heterocycles. The van der Waals surface area contributed by atoms with Crippen LogP contribution in [-0.4, -0.2) is 4.57 Å². The Balaban J connectivity index is 1.75. The van der Waals surface area contributed by atoms with Crippen LogP contribution in [0.1, 0.15) is 56.4 Å². The van der Waals surface area contributed by atoms with Gasteiger partial charge in [-0.15, -0.1) is 11.6 Å². The average Bonchev–Trinajstić information content (AvgIpc) is 3.10. The highest BCUT2D eigenvalue weighted by atomic mass is 35.5. The van der Waals surface area contributed by atoms with Gasteiger partial charge in [0.2, 0.25) is 0 Å². The van der Waals surface area contributed by atoms with Gasteiger partial charge < -0.3 is 4.42 Å². The number of aromatic nitrogens is 1. The van der Waals surface area contributed by atoms with E-state index in [1.54, 1.807) is 4.57 Å². The molecule has 0 N–H and O–H groups in total. The number of fused-ring (bicyclic) bond motifs is 1. The lowest BCUT2D eigenvalue weighted by Crippen LogP contribution is -2.11. The molecule has 0 spiro atoms. The molecule has 0 amide bonds. The fourth-order valence-electron chi connectivity index (χ4n) is 3.42. The predicted octanol–water partition coefficient (Wildman–Crippen LogP) is 4.86. The van der Waals surface area contributed by atoms with Gasteiger partial charge in [0, 0.05) is 6.54 Å². The van der Waals surface area contributed by atoms with E-state index < -0.39 is 0 Å². The molecule has 1 fully saturated rings. The first-order valence-electron chi connectivity index (χ1n) is 7.96. The summed E-state index contributed by atoms with van der Waals surface area (Å²) in [5.41, 5.74) is 2.55. The van der Waals surface area contributed by atoms with Gasteiger partial charge in [-0.3, -0.25) is 4.57 Å². The Hall–Kier alpha value is -1.22. The topological polar surface area (TPSA) is 35.1 Å². The molecule has 0 saturated heterocycles. The van der Waals surface area contributed by atoms with Crippen molar-refractivity contribution in [3.05, 3.63) is 34.3 Å². The van der Waals surface area contributed by atoms with E-state index in [1.165, 1.54) is 32.1 Å². The second-order valence-electron chi connectivity index (χ2n) is 6.03. The van der Waals surface area contributed by atoms with Gasteiger partial charge in [-0.05, 0) is 43.4 Å². The van der Waals surface area contributed by atoms with Crippen LogP contribution in [0, 0.1) is 5.92 Å². The lowest BCUT2D eigenvalue weighted by Gasteiger charge is -2.13. The van der Waals surface area contributed by atoms with Gasteiger partial charge in [0.15, 0.2) is 5.58 Å². The first-order chi connectivity index (χ1) is 10.2. The predicted molar refractivity (Wildman–Crippen MR) is 85.9 cm³/mol. The molecule has 0 bridgehead atoms. The second-order valence-corrected chi connectivity index (χ2v) is 6.56. The highest BCUT2D eigenvalue weighted by molar-refractivity contribution is 6.20. The molecular weight excluding hydrogens is 286 g/mol. The number of hydrogen-bond acceptors (Lipinski definition) is 2. The van der Waals surface area contributed by atoms with E-state index in [0.717, 1.165) is 23.4 Å². The molecule has 1 unspecified atom stereocenters. The zero-order valence-electron chi connectivity index (χ0n) is 12.5. The van der Waals surface area contributed by atoms with E-state index in [-0.39, 0.29) is 11.1 Å². The van der Waals surface area contributed by atoms with Crippen molar-refractivity contribution in [2.45, 2.75) is 57.4 Å². The fourth-order valence-corrected chi connectivity index (χ4v) is 3.69. The van der Waals surface area contributed by atoms with Gasteiger partial charge in [-0.1, -0.05) is 31.7 Å². The molecule has 1 aromatic carbocycles. The molecule has 3 rings (SSSR count). The lowest BCUT2D eigenvalue weighted by atomic mass is 9.98. The Morgan fingerprint density at radius 1 is 1.38 bits per heavy atom. The van der Waals surface area contributed by atoms with Crippen molar-refractivity contribution in [1.29, 1.82) is 0 Å². The molecule has 1 heterocycles. The number of alkyl halides is 1. The third-order valence-corrected chi connectivity index (χ3v) is 5.14. The van der Waals surface area contributed by atoms with Crippen molar-refractivity contribution in [1.82, 2.24) is 4.57 Å². The van der Waals surface area contributed by atoms with Gasteiger partial charge in [-0.2, -0.15) is 0 Å². The summed E-state index contributed by atoms with van der Waals surface area (Å²) in [5, 5.41) is 0.00489. The van der Waals surface area contributed by atoms with Gasteiger partial charge in [-0.25, -0.2) is 4.79 Å². The average molecular weight is 308 g/mol. The largest absolute Gasteiger partial charge is 0.419 e. The fraction of sp³-hybridized carbons (Fsp3) is 0.588. The molecule has 1 saturated carbocycles. The number of nitrogens with zero attached hydrogens (tertiary/aromatic N) is 1. The Morgan fingerprint density at radius 3 is 2.86 bits per heavy atom. The summed E-state index contributed by atoms with van der Waals surface area (Å²) in [5.74, 6) is 0.566. The first-order valence-corrected chi connectivity index (χ1v) is 8.40. The normalized spacial score (nSPS) is 17.6. The zero-order valence-corrected chi connectivity index (χ0v) is 13.2. The first kappa shape index (κ1) is 14.7. The van der Waals surface area contributed by atoms with Crippen LogP contribution in [0.5, 0.6) is 0 Å². The highest BCUT2D eigenvalue weighted by Gasteiger charge is 2.18. The van der Waals surface area contributed by atoms with Crippen LogP contribution in [-0.2, 0) is 6.54 Å². The Labute approximate surface area is 129 Å². The summed E-state index contributed by atoms with van der Waals surface area (Å²) in [7, 11) is 0. The highest BCUT2D eigenvalue weighted by Crippen LogP contribution is 2.34. The molecule has 3 nitrogen and oxygen atoms in total. The summed E-state index contributed by atoms with van der Waals surface area (Å²) in [6.07, 6.45) is 7.66. The number of halogens is 1. The minimum Gasteiger partial charge on any atom is -0.408 e. The quantitative estimate of drug-likeness (QED) is 0.739. The van der Waals surface area contributed by atoms with Crippen molar-refractivity contribution >= 4 is 22.7 Å². The molecule has 114 valence electrons. The van der Waals surface area contributed by atoms with Crippen LogP contribution in [0.15, 0.2) is 27.4 Å². The molecule has 1 aliphatic carbocycles. The van der Waals surface area contributed by atoms with Crippen molar-refractivity contribution < 1.29 is 4.42 Å². The monoisotopic (exact) mass is 307 g/mol. The molecule has 1 atom stereocenters. The number of aryl methyl sites for hydroxylation is 1. The maximum absolute atomic E-state index is 11.7. The molecule has 0 radical (unpaired) electrons. The van der Waals surface area contributed by atoms with Crippen LogP contribution in [0.2, 0.25) is 0 Å². The minimum atomic E-state index is -0.290. The van der Waals surface area contributed by atoms with Crippen LogP contribution in [0.25, 0.3) is 11.1 Å². The standard InChI is InChI=1S/C17H22ClNO2/c1-2-19-15-10-8-13(11-16(15)21-17(19)20)14(18)9-7-12-5-3-4-6-12/h8,10-12,14H,2-7,9H2,1H3. The van der Waals surface area contributed by atoms with E-state index in [0.29, 0.717) is 12.1 Å². The van der Waals surface area contributed by atoms with Crippen molar-refractivity contribution in [3.63, 3.8) is 0 Å². The summed E-state index contributed by atoms with van der Waals surface area (Å²) in [6, 6.07) is 5.90. The van der Waals surface area contributed by atoms with E-state index in [1.807, 2.05) is 25.1 Å². The SMILES string of the molecule is CCn1c(=O)oc2cc(C(Cl)CCC3CCCC3)ccc21. The minimum absolute atomic E-state index is 0.00489.